The van der Waals surface area contributed by atoms with Crippen molar-refractivity contribution in [2.75, 3.05) is 18.9 Å². The van der Waals surface area contributed by atoms with Crippen molar-refractivity contribution in [3.8, 4) is 11.3 Å². The maximum absolute atomic E-state index is 5.84. The lowest BCUT2D eigenvalue weighted by molar-refractivity contribution is 0.0853. The normalized spacial score (nSPS) is 16.7. The third-order valence-corrected chi connectivity index (χ3v) is 3.79. The molecule has 4 nitrogen and oxygen atoms in total. The van der Waals surface area contributed by atoms with E-state index in [4.69, 9.17) is 10.5 Å². The topological polar surface area (TPSA) is 53.1 Å². The first-order valence-corrected chi connectivity index (χ1v) is 6.71. The summed E-state index contributed by atoms with van der Waals surface area (Å²) in [7, 11) is 1.86. The highest BCUT2D eigenvalue weighted by atomic mass is 16.5. The van der Waals surface area contributed by atoms with Crippen LogP contribution < -0.4 is 5.73 Å². The van der Waals surface area contributed by atoms with Gasteiger partial charge in [-0.15, -0.1) is 0 Å². The predicted molar refractivity (Wildman–Crippen MR) is 75.9 cm³/mol. The number of aryl methyl sites for hydroxylation is 1. The summed E-state index contributed by atoms with van der Waals surface area (Å²) in [6, 6.07) is 10.5. The minimum absolute atomic E-state index is 0.606. The van der Waals surface area contributed by atoms with Crippen LogP contribution in [0.15, 0.2) is 30.3 Å². The van der Waals surface area contributed by atoms with Crippen LogP contribution in [0.2, 0.25) is 0 Å². The van der Waals surface area contributed by atoms with Crippen molar-refractivity contribution in [3.05, 3.63) is 35.9 Å². The molecule has 0 radical (unpaired) electrons. The SMILES string of the molecule is Cn1nc(-c2cccc(C3CCOCC3)c2)cc1N. The quantitative estimate of drug-likeness (QED) is 0.899. The zero-order valence-corrected chi connectivity index (χ0v) is 11.2. The smallest absolute Gasteiger partial charge is 0.121 e. The van der Waals surface area contributed by atoms with Gasteiger partial charge in [0.1, 0.15) is 5.82 Å². The Morgan fingerprint density at radius 1 is 1.26 bits per heavy atom. The third kappa shape index (κ3) is 2.49. The fourth-order valence-corrected chi connectivity index (χ4v) is 2.61. The summed E-state index contributed by atoms with van der Waals surface area (Å²) < 4.78 is 7.13. The van der Waals surface area contributed by atoms with E-state index in [1.54, 1.807) is 4.68 Å². The first kappa shape index (κ1) is 12.2. The molecule has 0 bridgehead atoms. The van der Waals surface area contributed by atoms with Gasteiger partial charge in [0, 0.05) is 31.9 Å². The first-order valence-electron chi connectivity index (χ1n) is 6.71. The Morgan fingerprint density at radius 3 is 2.74 bits per heavy atom. The van der Waals surface area contributed by atoms with Crippen LogP contribution in [0.1, 0.15) is 24.3 Å². The first-order chi connectivity index (χ1) is 9.24. The lowest BCUT2D eigenvalue weighted by Crippen LogP contribution is -2.14. The van der Waals surface area contributed by atoms with Gasteiger partial charge in [0.15, 0.2) is 0 Å². The Bertz CT molecular complexity index is 551. The highest BCUT2D eigenvalue weighted by Gasteiger charge is 2.16. The second-order valence-electron chi connectivity index (χ2n) is 5.09. The highest BCUT2D eigenvalue weighted by molar-refractivity contribution is 5.63. The molecule has 1 aliphatic heterocycles. The molecule has 0 atom stereocenters. The fourth-order valence-electron chi connectivity index (χ4n) is 2.61. The van der Waals surface area contributed by atoms with Gasteiger partial charge in [-0.05, 0) is 30.4 Å². The van der Waals surface area contributed by atoms with E-state index in [9.17, 15) is 0 Å². The number of nitrogen functional groups attached to an aromatic ring is 1. The molecule has 2 N–H and O–H groups in total. The van der Waals surface area contributed by atoms with Crippen LogP contribution in [0.3, 0.4) is 0 Å². The highest BCUT2D eigenvalue weighted by Crippen LogP contribution is 2.30. The van der Waals surface area contributed by atoms with Crippen molar-refractivity contribution < 1.29 is 4.74 Å². The summed E-state index contributed by atoms with van der Waals surface area (Å²) in [6.07, 6.45) is 2.21. The standard InChI is InChI=1S/C15H19N3O/c1-18-15(16)10-14(17-18)13-4-2-3-12(9-13)11-5-7-19-8-6-11/h2-4,9-11H,5-8,16H2,1H3. The largest absolute Gasteiger partial charge is 0.384 e. The molecule has 1 aromatic heterocycles. The summed E-state index contributed by atoms with van der Waals surface area (Å²) in [5.41, 5.74) is 9.30. The fraction of sp³-hybridized carbons (Fsp3) is 0.400. The van der Waals surface area contributed by atoms with Gasteiger partial charge in [-0.25, -0.2) is 0 Å². The molecule has 1 aliphatic rings. The number of aromatic nitrogens is 2. The van der Waals surface area contributed by atoms with E-state index >= 15 is 0 Å². The van der Waals surface area contributed by atoms with E-state index in [2.05, 4.69) is 29.4 Å². The number of ether oxygens (including phenoxy) is 1. The van der Waals surface area contributed by atoms with Crippen LogP contribution in [-0.2, 0) is 11.8 Å². The van der Waals surface area contributed by atoms with Crippen molar-refractivity contribution >= 4 is 5.82 Å². The Morgan fingerprint density at radius 2 is 2.05 bits per heavy atom. The molecular weight excluding hydrogens is 238 g/mol. The molecule has 1 fully saturated rings. The van der Waals surface area contributed by atoms with Crippen molar-refractivity contribution in [1.82, 2.24) is 9.78 Å². The van der Waals surface area contributed by atoms with Gasteiger partial charge in [-0.2, -0.15) is 5.10 Å². The molecule has 3 rings (SSSR count). The van der Waals surface area contributed by atoms with Gasteiger partial charge in [-0.1, -0.05) is 18.2 Å². The predicted octanol–water partition coefficient (Wildman–Crippen LogP) is 2.56. The van der Waals surface area contributed by atoms with E-state index in [0.717, 1.165) is 37.3 Å². The molecule has 0 spiro atoms. The monoisotopic (exact) mass is 257 g/mol. The van der Waals surface area contributed by atoms with Crippen LogP contribution in [0.5, 0.6) is 0 Å². The van der Waals surface area contributed by atoms with Crippen LogP contribution in [0.25, 0.3) is 11.3 Å². The van der Waals surface area contributed by atoms with E-state index in [0.29, 0.717) is 11.7 Å². The average Bonchev–Trinajstić information content (AvgIpc) is 2.80. The molecule has 0 unspecified atom stereocenters. The van der Waals surface area contributed by atoms with Crippen molar-refractivity contribution in [2.24, 2.45) is 7.05 Å². The summed E-state index contributed by atoms with van der Waals surface area (Å²) in [5, 5.41) is 4.43. The number of rotatable bonds is 2. The molecule has 1 aromatic carbocycles. The molecule has 2 heterocycles. The van der Waals surface area contributed by atoms with E-state index < -0.39 is 0 Å². The third-order valence-electron chi connectivity index (χ3n) is 3.79. The van der Waals surface area contributed by atoms with Crippen LogP contribution >= 0.6 is 0 Å². The second kappa shape index (κ2) is 5.05. The number of hydrogen-bond donors (Lipinski definition) is 1. The Balaban J connectivity index is 1.90. The van der Waals surface area contributed by atoms with Gasteiger partial charge in [0.05, 0.1) is 5.69 Å². The molecule has 4 heteroatoms. The number of hydrogen-bond acceptors (Lipinski definition) is 3. The summed E-state index contributed by atoms with van der Waals surface area (Å²) in [4.78, 5) is 0. The number of benzene rings is 1. The molecule has 0 aliphatic carbocycles. The minimum Gasteiger partial charge on any atom is -0.384 e. The van der Waals surface area contributed by atoms with E-state index in [-0.39, 0.29) is 0 Å². The molecule has 100 valence electrons. The van der Waals surface area contributed by atoms with Crippen LogP contribution in [-0.4, -0.2) is 23.0 Å². The number of nitrogens with zero attached hydrogens (tertiary/aromatic N) is 2. The summed E-state index contributed by atoms with van der Waals surface area (Å²) in [6.45, 7) is 1.73. The minimum atomic E-state index is 0.606. The van der Waals surface area contributed by atoms with Crippen LogP contribution in [0, 0.1) is 0 Å². The van der Waals surface area contributed by atoms with E-state index in [1.165, 1.54) is 5.56 Å². The van der Waals surface area contributed by atoms with Crippen molar-refractivity contribution in [1.29, 1.82) is 0 Å². The molecule has 2 aromatic rings. The van der Waals surface area contributed by atoms with Crippen molar-refractivity contribution in [2.45, 2.75) is 18.8 Å². The number of nitrogens with two attached hydrogens (primary N) is 1. The Hall–Kier alpha value is -1.81. The Labute approximate surface area is 113 Å². The maximum atomic E-state index is 5.84. The molecular formula is C15H19N3O. The number of anilines is 1. The van der Waals surface area contributed by atoms with Crippen LogP contribution in [0.4, 0.5) is 5.82 Å². The van der Waals surface area contributed by atoms with E-state index in [1.807, 2.05) is 13.1 Å². The zero-order valence-electron chi connectivity index (χ0n) is 11.2. The summed E-state index contributed by atoms with van der Waals surface area (Å²) >= 11 is 0. The van der Waals surface area contributed by atoms with Crippen molar-refractivity contribution in [3.63, 3.8) is 0 Å². The second-order valence-corrected chi connectivity index (χ2v) is 5.09. The maximum Gasteiger partial charge on any atom is 0.121 e. The lowest BCUT2D eigenvalue weighted by atomic mass is 9.90. The summed E-state index contributed by atoms with van der Waals surface area (Å²) in [5.74, 6) is 1.29. The molecule has 0 amide bonds. The zero-order chi connectivity index (χ0) is 13.2. The van der Waals surface area contributed by atoms with Gasteiger partial charge >= 0.3 is 0 Å². The van der Waals surface area contributed by atoms with Gasteiger partial charge in [0.2, 0.25) is 0 Å². The molecule has 0 saturated carbocycles. The lowest BCUT2D eigenvalue weighted by Gasteiger charge is -2.22. The molecule has 19 heavy (non-hydrogen) atoms. The Kier molecular flexibility index (Phi) is 3.25. The molecule has 1 saturated heterocycles. The average molecular weight is 257 g/mol. The van der Waals surface area contributed by atoms with Gasteiger partial charge in [0.25, 0.3) is 0 Å². The van der Waals surface area contributed by atoms with Gasteiger partial charge in [-0.3, -0.25) is 4.68 Å². The van der Waals surface area contributed by atoms with Gasteiger partial charge < -0.3 is 10.5 Å².